The van der Waals surface area contributed by atoms with Crippen molar-refractivity contribution >= 4 is 39.1 Å². The Morgan fingerprint density at radius 1 is 1.06 bits per heavy atom. The van der Waals surface area contributed by atoms with Crippen molar-refractivity contribution in [3.8, 4) is 0 Å². The zero-order valence-electron chi connectivity index (χ0n) is 21.3. The summed E-state index contributed by atoms with van der Waals surface area (Å²) >= 11 is 6.24. The molecule has 0 fully saturated rings. The Bertz CT molecular complexity index is 1150. The number of anilines is 1. The van der Waals surface area contributed by atoms with Crippen molar-refractivity contribution in [2.24, 2.45) is 0 Å². The summed E-state index contributed by atoms with van der Waals surface area (Å²) in [6, 6.07) is 11.8. The first-order chi connectivity index (χ1) is 16.4. The van der Waals surface area contributed by atoms with Crippen molar-refractivity contribution in [3.05, 3.63) is 64.2 Å². The predicted octanol–water partition coefficient (Wildman–Crippen LogP) is 4.44. The number of amides is 2. The molecule has 7 nitrogen and oxygen atoms in total. The lowest BCUT2D eigenvalue weighted by molar-refractivity contribution is -0.140. The summed E-state index contributed by atoms with van der Waals surface area (Å²) in [6.07, 6.45) is 2.19. The molecule has 2 atom stereocenters. The van der Waals surface area contributed by atoms with Crippen LogP contribution in [0, 0.1) is 13.8 Å². The van der Waals surface area contributed by atoms with E-state index in [0.717, 1.165) is 28.1 Å². The Morgan fingerprint density at radius 3 is 2.29 bits per heavy atom. The molecule has 0 unspecified atom stereocenters. The molecule has 2 amide bonds. The van der Waals surface area contributed by atoms with E-state index in [1.165, 1.54) is 4.90 Å². The fraction of sp³-hybridized carbons (Fsp3) is 0.462. The number of nitrogens with one attached hydrogen (secondary N) is 1. The van der Waals surface area contributed by atoms with Gasteiger partial charge in [0.2, 0.25) is 21.8 Å². The molecule has 0 bridgehead atoms. The highest BCUT2D eigenvalue weighted by Gasteiger charge is 2.32. The van der Waals surface area contributed by atoms with Crippen LogP contribution in [0.15, 0.2) is 42.5 Å². The zero-order valence-corrected chi connectivity index (χ0v) is 22.9. The lowest BCUT2D eigenvalue weighted by Crippen LogP contribution is -2.53. The Balaban J connectivity index is 2.49. The minimum absolute atomic E-state index is 0.0471. The van der Waals surface area contributed by atoms with Gasteiger partial charge in [-0.1, -0.05) is 61.3 Å². The third-order valence-electron chi connectivity index (χ3n) is 6.01. The molecule has 2 aromatic rings. The molecule has 0 aliphatic carbocycles. The van der Waals surface area contributed by atoms with Crippen LogP contribution in [0.4, 0.5) is 5.69 Å². The Hall–Kier alpha value is -2.58. The third kappa shape index (κ3) is 7.70. The first-order valence-corrected chi connectivity index (χ1v) is 14.0. The molecule has 1 N–H and O–H groups in total. The van der Waals surface area contributed by atoms with Crippen LogP contribution in [-0.4, -0.2) is 50.0 Å². The van der Waals surface area contributed by atoms with Crippen LogP contribution in [0.2, 0.25) is 5.02 Å². The van der Waals surface area contributed by atoms with Gasteiger partial charge >= 0.3 is 0 Å². The van der Waals surface area contributed by atoms with Gasteiger partial charge in [0.05, 0.1) is 11.9 Å². The van der Waals surface area contributed by atoms with Gasteiger partial charge < -0.3 is 10.2 Å². The summed E-state index contributed by atoms with van der Waals surface area (Å²) < 4.78 is 26.5. The van der Waals surface area contributed by atoms with E-state index in [4.69, 9.17) is 11.6 Å². The molecular formula is C26H36ClN3O4S. The maximum Gasteiger partial charge on any atom is 0.244 e. The first kappa shape index (κ1) is 28.7. The second-order valence-electron chi connectivity index (χ2n) is 8.91. The van der Waals surface area contributed by atoms with E-state index in [-0.39, 0.29) is 18.5 Å². The molecule has 0 heterocycles. The van der Waals surface area contributed by atoms with Crippen LogP contribution < -0.4 is 9.62 Å². The van der Waals surface area contributed by atoms with Crippen molar-refractivity contribution in [1.82, 2.24) is 10.2 Å². The van der Waals surface area contributed by atoms with Crippen molar-refractivity contribution in [2.45, 2.75) is 66.1 Å². The number of carbonyl (C=O) groups is 2. The number of hydrogen-bond acceptors (Lipinski definition) is 4. The number of halogens is 1. The van der Waals surface area contributed by atoms with Crippen LogP contribution in [0.25, 0.3) is 0 Å². The minimum atomic E-state index is -3.81. The topological polar surface area (TPSA) is 86.8 Å². The van der Waals surface area contributed by atoms with Crippen molar-refractivity contribution in [3.63, 3.8) is 0 Å². The van der Waals surface area contributed by atoms with E-state index in [0.29, 0.717) is 22.7 Å². The first-order valence-electron chi connectivity index (χ1n) is 11.8. The number of aryl methyl sites for hydroxylation is 1. The maximum atomic E-state index is 13.7. The molecule has 2 rings (SSSR count). The van der Waals surface area contributed by atoms with Crippen LogP contribution in [0.5, 0.6) is 0 Å². The third-order valence-corrected chi connectivity index (χ3v) is 7.55. The number of sulfonamides is 1. The van der Waals surface area contributed by atoms with Crippen LogP contribution >= 0.6 is 11.6 Å². The van der Waals surface area contributed by atoms with E-state index in [9.17, 15) is 18.0 Å². The second kappa shape index (κ2) is 12.4. The fourth-order valence-corrected chi connectivity index (χ4v) is 4.90. The molecule has 0 spiro atoms. The van der Waals surface area contributed by atoms with Crippen LogP contribution in [-0.2, 0) is 26.2 Å². The van der Waals surface area contributed by atoms with Crippen LogP contribution in [0.1, 0.15) is 50.3 Å². The molecule has 192 valence electrons. The predicted molar refractivity (Wildman–Crippen MR) is 142 cm³/mol. The van der Waals surface area contributed by atoms with Crippen LogP contribution in [0.3, 0.4) is 0 Å². The number of nitrogens with zero attached hydrogens (tertiary/aromatic N) is 2. The second-order valence-corrected chi connectivity index (χ2v) is 11.2. The van der Waals surface area contributed by atoms with E-state index in [2.05, 4.69) is 5.32 Å². The molecule has 0 saturated carbocycles. The molecule has 0 aromatic heterocycles. The molecule has 0 aliphatic rings. The number of hydrogen-bond donors (Lipinski definition) is 1. The number of rotatable bonds is 11. The van der Waals surface area contributed by atoms with Gasteiger partial charge in [0.1, 0.15) is 12.6 Å². The quantitative estimate of drug-likeness (QED) is 0.473. The van der Waals surface area contributed by atoms with Crippen molar-refractivity contribution < 1.29 is 18.0 Å². The van der Waals surface area contributed by atoms with E-state index in [1.54, 1.807) is 25.1 Å². The highest BCUT2D eigenvalue weighted by atomic mass is 35.5. The Kier molecular flexibility index (Phi) is 10.2. The van der Waals surface area contributed by atoms with Gasteiger partial charge in [0, 0.05) is 17.6 Å². The van der Waals surface area contributed by atoms with E-state index >= 15 is 0 Å². The summed E-state index contributed by atoms with van der Waals surface area (Å²) in [5.74, 6) is -0.727. The molecule has 0 aliphatic heterocycles. The lowest BCUT2D eigenvalue weighted by Gasteiger charge is -2.33. The SMILES string of the molecule is CC[C@H](C)NC(=O)[C@H](CC)N(Cc1cccc(C)c1)C(=O)CN(c1cccc(Cl)c1C)S(C)(=O)=O. The van der Waals surface area contributed by atoms with Crippen molar-refractivity contribution in [1.29, 1.82) is 0 Å². The van der Waals surface area contributed by atoms with Gasteiger partial charge in [-0.05, 0) is 56.9 Å². The van der Waals surface area contributed by atoms with Gasteiger partial charge in [-0.15, -0.1) is 0 Å². The van der Waals surface area contributed by atoms with Gasteiger partial charge in [-0.2, -0.15) is 0 Å². The number of carbonyl (C=O) groups excluding carboxylic acids is 2. The summed E-state index contributed by atoms with van der Waals surface area (Å²) in [6.45, 7) is 9.11. The summed E-state index contributed by atoms with van der Waals surface area (Å²) in [7, 11) is -3.81. The molecular weight excluding hydrogens is 486 g/mol. The standard InChI is InChI=1S/C26H36ClN3O4S/c1-7-19(4)28-26(32)23(8-2)29(16-21-12-9-11-18(3)15-21)25(31)17-30(35(6,33)34)24-14-10-13-22(27)20(24)5/h9-15,19,23H,7-8,16-17H2,1-6H3,(H,28,32)/t19-,23-/m0/s1. The smallest absolute Gasteiger partial charge is 0.244 e. The van der Waals surface area contributed by atoms with Gasteiger partial charge in [-0.25, -0.2) is 8.42 Å². The lowest BCUT2D eigenvalue weighted by atomic mass is 10.1. The highest BCUT2D eigenvalue weighted by Crippen LogP contribution is 2.28. The highest BCUT2D eigenvalue weighted by molar-refractivity contribution is 7.92. The van der Waals surface area contributed by atoms with E-state index in [1.807, 2.05) is 52.0 Å². The molecule has 35 heavy (non-hydrogen) atoms. The zero-order chi connectivity index (χ0) is 26.3. The monoisotopic (exact) mass is 521 g/mol. The summed E-state index contributed by atoms with van der Waals surface area (Å²) in [5, 5.41) is 3.37. The normalized spacial score (nSPS) is 13.1. The van der Waals surface area contributed by atoms with Crippen molar-refractivity contribution in [2.75, 3.05) is 17.1 Å². The average Bonchev–Trinajstić information content (AvgIpc) is 2.78. The summed E-state index contributed by atoms with van der Waals surface area (Å²) in [5.41, 5.74) is 2.78. The van der Waals surface area contributed by atoms with E-state index < -0.39 is 28.5 Å². The molecule has 9 heteroatoms. The fourth-order valence-electron chi connectivity index (χ4n) is 3.83. The molecule has 0 radical (unpaired) electrons. The maximum absolute atomic E-state index is 13.7. The Labute approximate surface area is 214 Å². The van der Waals surface area contributed by atoms with Gasteiger partial charge in [-0.3, -0.25) is 13.9 Å². The van der Waals surface area contributed by atoms with Gasteiger partial charge in [0.15, 0.2) is 0 Å². The summed E-state index contributed by atoms with van der Waals surface area (Å²) in [4.78, 5) is 28.3. The Morgan fingerprint density at radius 2 is 1.71 bits per heavy atom. The van der Waals surface area contributed by atoms with Gasteiger partial charge in [0.25, 0.3) is 0 Å². The largest absolute Gasteiger partial charge is 0.352 e. The number of benzene rings is 2. The minimum Gasteiger partial charge on any atom is -0.352 e. The average molecular weight is 522 g/mol. The molecule has 0 saturated heterocycles. The molecule has 2 aromatic carbocycles.